The summed E-state index contributed by atoms with van der Waals surface area (Å²) in [6, 6.07) is 39.3. The highest BCUT2D eigenvalue weighted by Crippen LogP contribution is 2.21. The van der Waals surface area contributed by atoms with Crippen LogP contribution in [0.15, 0.2) is 164 Å². The molecular weight excluding hydrogens is 849 g/mol. The number of rotatable bonds is 13. The SMILES string of the molecule is O=C1COc2ccc(cc2)C[C@@H](C(=O)N[C@@H](Cc2ccccc2)C(=O)O)NC(=O)[C@H](CCc2ccccc2)NC(=O)[C@@H](Cc2ccc(-c3ccccc3)cc2)NC(=O)[C@H](Cc2ccncc2)N1. The zero-order valence-electron chi connectivity index (χ0n) is 36.7. The third-order valence-corrected chi connectivity index (χ3v) is 11.4. The first-order valence-electron chi connectivity index (χ1n) is 22.1. The van der Waals surface area contributed by atoms with Crippen molar-refractivity contribution in [3.05, 3.63) is 192 Å². The number of fused-ring (bicyclic) bond motifs is 16. The van der Waals surface area contributed by atoms with Crippen LogP contribution in [0.4, 0.5) is 0 Å². The standard InChI is InChI=1S/C53H52N6O8/c60-48-34-67-42-23-18-38(19-24-42)31-46(52(64)59-47(53(65)66)33-36-12-6-2-7-13-36)57-49(61)43(25-20-35-10-4-1-5-11-35)56-51(63)45(58-50(62)44(55-48)32-39-26-28-54-29-27-39)30-37-16-21-41(22-17-37)40-14-8-3-9-15-40/h1-19,21-24,26-29,43-47H,20,25,30-34H2,(H,55,60)(H,56,63)(H,57,61)(H,58,62)(H,59,64)(H,65,66)/t43-,44-,45+,46-,47-/m0/s1. The summed E-state index contributed by atoms with van der Waals surface area (Å²) in [4.78, 5) is 87.9. The van der Waals surface area contributed by atoms with Gasteiger partial charge in [0.05, 0.1) is 0 Å². The molecule has 0 saturated heterocycles. The summed E-state index contributed by atoms with van der Waals surface area (Å²) in [6.45, 7) is -0.445. The number of nitrogens with one attached hydrogen (secondary N) is 5. The Hall–Kier alpha value is -8.13. The van der Waals surface area contributed by atoms with Gasteiger partial charge < -0.3 is 36.4 Å². The highest BCUT2D eigenvalue weighted by molar-refractivity contribution is 5.96. The number of pyridine rings is 1. The number of hydrogen-bond donors (Lipinski definition) is 6. The molecule has 6 N–H and O–H groups in total. The smallest absolute Gasteiger partial charge is 0.326 e. The van der Waals surface area contributed by atoms with Crippen molar-refractivity contribution in [2.75, 3.05) is 6.61 Å². The molecule has 0 aliphatic carbocycles. The molecule has 342 valence electrons. The molecule has 8 rings (SSSR count). The highest BCUT2D eigenvalue weighted by atomic mass is 16.5. The molecule has 0 saturated carbocycles. The monoisotopic (exact) mass is 900 g/mol. The number of hydrogen-bond acceptors (Lipinski definition) is 8. The van der Waals surface area contributed by atoms with E-state index in [1.807, 2.05) is 84.9 Å². The van der Waals surface area contributed by atoms with E-state index in [9.17, 15) is 33.9 Å². The number of benzene rings is 5. The first kappa shape index (κ1) is 46.9. The molecule has 0 unspecified atom stereocenters. The van der Waals surface area contributed by atoms with Gasteiger partial charge in [-0.1, -0.05) is 127 Å². The zero-order chi connectivity index (χ0) is 47.0. The fourth-order valence-electron chi connectivity index (χ4n) is 7.79. The molecular formula is C53H52N6O8. The van der Waals surface area contributed by atoms with E-state index in [-0.39, 0.29) is 32.1 Å². The van der Waals surface area contributed by atoms with Crippen LogP contribution in [0.25, 0.3) is 11.1 Å². The van der Waals surface area contributed by atoms with E-state index in [4.69, 9.17) is 4.74 Å². The Morgan fingerprint density at radius 1 is 0.597 bits per heavy atom. The minimum atomic E-state index is -1.33. The molecule has 0 spiro atoms. The maximum absolute atomic E-state index is 14.7. The van der Waals surface area contributed by atoms with Crippen LogP contribution in [0.2, 0.25) is 0 Å². The quantitative estimate of drug-likeness (QED) is 0.0899. The van der Waals surface area contributed by atoms with Crippen molar-refractivity contribution < 1.29 is 38.6 Å². The molecule has 2 aliphatic rings. The van der Waals surface area contributed by atoms with E-state index in [1.54, 1.807) is 79.1 Å². The first-order valence-corrected chi connectivity index (χ1v) is 22.1. The van der Waals surface area contributed by atoms with Gasteiger partial charge >= 0.3 is 5.97 Å². The van der Waals surface area contributed by atoms with Crippen molar-refractivity contribution >= 4 is 35.5 Å². The van der Waals surface area contributed by atoms with Gasteiger partial charge in [0.15, 0.2) is 6.61 Å². The highest BCUT2D eigenvalue weighted by Gasteiger charge is 2.33. The van der Waals surface area contributed by atoms with Gasteiger partial charge in [-0.3, -0.25) is 29.0 Å². The number of amides is 5. The topological polar surface area (TPSA) is 205 Å². The Morgan fingerprint density at radius 2 is 1.13 bits per heavy atom. The number of nitrogens with zero attached hydrogens (tertiary/aromatic N) is 1. The molecule has 1 aromatic heterocycles. The van der Waals surface area contributed by atoms with Gasteiger partial charge in [-0.15, -0.1) is 0 Å². The van der Waals surface area contributed by atoms with E-state index < -0.39 is 72.3 Å². The van der Waals surface area contributed by atoms with Crippen LogP contribution in [-0.4, -0.2) is 82.4 Å². The van der Waals surface area contributed by atoms with E-state index in [1.165, 1.54) is 0 Å². The number of ether oxygens (including phenoxy) is 1. The van der Waals surface area contributed by atoms with Gasteiger partial charge in [0.2, 0.25) is 23.6 Å². The fourth-order valence-corrected chi connectivity index (χ4v) is 7.79. The van der Waals surface area contributed by atoms with Crippen molar-refractivity contribution in [1.29, 1.82) is 0 Å². The lowest BCUT2D eigenvalue weighted by Gasteiger charge is -2.27. The average Bonchev–Trinajstić information content (AvgIpc) is 3.35. The van der Waals surface area contributed by atoms with E-state index >= 15 is 0 Å². The van der Waals surface area contributed by atoms with Gasteiger partial charge in [-0.2, -0.15) is 0 Å². The number of aromatic nitrogens is 1. The third kappa shape index (κ3) is 13.9. The van der Waals surface area contributed by atoms with Gasteiger partial charge in [0.25, 0.3) is 5.91 Å². The van der Waals surface area contributed by atoms with Crippen LogP contribution in [-0.2, 0) is 60.9 Å². The molecule has 67 heavy (non-hydrogen) atoms. The van der Waals surface area contributed by atoms with E-state index in [0.717, 1.165) is 16.7 Å². The molecule has 2 aliphatic heterocycles. The summed E-state index contributed by atoms with van der Waals surface area (Å²) in [5.41, 5.74) is 5.51. The fraction of sp³-hybridized carbons (Fsp3) is 0.226. The van der Waals surface area contributed by atoms with Crippen molar-refractivity contribution in [2.24, 2.45) is 0 Å². The van der Waals surface area contributed by atoms with Crippen LogP contribution >= 0.6 is 0 Å². The number of aryl methyl sites for hydroxylation is 1. The number of carbonyl (C=O) groups is 6. The van der Waals surface area contributed by atoms with Gasteiger partial charge in [-0.25, -0.2) is 4.79 Å². The lowest BCUT2D eigenvalue weighted by atomic mass is 9.98. The lowest BCUT2D eigenvalue weighted by molar-refractivity contribution is -0.142. The minimum Gasteiger partial charge on any atom is -0.484 e. The Bertz CT molecular complexity index is 2600. The van der Waals surface area contributed by atoms with Crippen molar-refractivity contribution in [2.45, 2.75) is 68.7 Å². The zero-order valence-corrected chi connectivity index (χ0v) is 36.7. The molecule has 5 atom stereocenters. The first-order chi connectivity index (χ1) is 32.6. The second-order valence-electron chi connectivity index (χ2n) is 16.4. The number of carboxylic acids is 1. The number of carboxylic acid groups (broad SMARTS) is 1. The predicted octanol–water partition coefficient (Wildman–Crippen LogP) is 4.55. The summed E-state index contributed by atoms with van der Waals surface area (Å²) >= 11 is 0. The van der Waals surface area contributed by atoms with E-state index in [2.05, 4.69) is 31.6 Å². The lowest BCUT2D eigenvalue weighted by Crippen LogP contribution is -2.60. The molecule has 3 heterocycles. The molecule has 5 aromatic carbocycles. The van der Waals surface area contributed by atoms with Crippen LogP contribution < -0.4 is 31.3 Å². The molecule has 14 heteroatoms. The summed E-state index contributed by atoms with van der Waals surface area (Å²) in [7, 11) is 0. The van der Waals surface area contributed by atoms with Crippen LogP contribution in [0.5, 0.6) is 5.75 Å². The van der Waals surface area contributed by atoms with Crippen LogP contribution in [0, 0.1) is 0 Å². The third-order valence-electron chi connectivity index (χ3n) is 11.4. The summed E-state index contributed by atoms with van der Waals surface area (Å²) in [5.74, 6) is -4.32. The number of aliphatic carboxylic acids is 1. The second-order valence-corrected chi connectivity index (χ2v) is 16.4. The maximum Gasteiger partial charge on any atom is 0.326 e. The van der Waals surface area contributed by atoms with Crippen molar-refractivity contribution in [3.8, 4) is 16.9 Å². The predicted molar refractivity (Wildman–Crippen MR) is 251 cm³/mol. The molecule has 5 amide bonds. The molecule has 0 radical (unpaired) electrons. The molecule has 6 aromatic rings. The van der Waals surface area contributed by atoms with Crippen molar-refractivity contribution in [1.82, 2.24) is 31.6 Å². The molecule has 0 fully saturated rings. The second kappa shape index (κ2) is 23.2. The van der Waals surface area contributed by atoms with Crippen molar-refractivity contribution in [3.63, 3.8) is 0 Å². The summed E-state index contributed by atoms with van der Waals surface area (Å²) < 4.78 is 5.80. The van der Waals surface area contributed by atoms with Gasteiger partial charge in [-0.05, 0) is 76.1 Å². The van der Waals surface area contributed by atoms with Gasteiger partial charge in [0.1, 0.15) is 36.0 Å². The Kier molecular flexibility index (Phi) is 16.2. The summed E-state index contributed by atoms with van der Waals surface area (Å²) in [6.07, 6.45) is 3.60. The van der Waals surface area contributed by atoms with E-state index in [0.29, 0.717) is 34.4 Å². The minimum absolute atomic E-state index is 0.00963. The average molecular weight is 901 g/mol. The Labute approximate surface area is 388 Å². The number of carbonyl (C=O) groups excluding carboxylic acids is 5. The maximum atomic E-state index is 14.7. The summed E-state index contributed by atoms with van der Waals surface area (Å²) in [5, 5.41) is 24.2. The van der Waals surface area contributed by atoms with Crippen LogP contribution in [0.3, 0.4) is 0 Å². The largest absolute Gasteiger partial charge is 0.484 e. The normalized spacial score (nSPS) is 18.6. The Morgan fingerprint density at radius 3 is 1.76 bits per heavy atom. The van der Waals surface area contributed by atoms with Crippen LogP contribution in [0.1, 0.15) is 34.2 Å². The Balaban J connectivity index is 1.22. The van der Waals surface area contributed by atoms with Gasteiger partial charge in [0, 0.05) is 38.1 Å². The molecule has 2 bridgehead atoms. The molecule has 14 nitrogen and oxygen atoms in total.